The summed E-state index contributed by atoms with van der Waals surface area (Å²) in [7, 11) is 0. The highest BCUT2D eigenvalue weighted by molar-refractivity contribution is 5.51. The highest BCUT2D eigenvalue weighted by atomic mass is 15.2. The zero-order valence-corrected chi connectivity index (χ0v) is 15.3. The molecule has 0 amide bonds. The summed E-state index contributed by atoms with van der Waals surface area (Å²) in [6, 6.07) is 10.9. The lowest BCUT2D eigenvalue weighted by molar-refractivity contribution is 0.285. The molecule has 4 rings (SSSR count). The van der Waals surface area contributed by atoms with E-state index in [1.165, 1.54) is 23.2 Å². The molecule has 3 heterocycles. The van der Waals surface area contributed by atoms with E-state index in [-0.39, 0.29) is 0 Å². The van der Waals surface area contributed by atoms with Crippen LogP contribution in [0.25, 0.3) is 5.69 Å². The molecule has 0 N–H and O–H groups in total. The summed E-state index contributed by atoms with van der Waals surface area (Å²) >= 11 is 0. The first-order valence-electron chi connectivity index (χ1n) is 9.25. The minimum Gasteiger partial charge on any atom is -0.370 e. The molecule has 0 unspecified atom stereocenters. The molecule has 3 aromatic rings. The Morgan fingerprint density at radius 3 is 2.58 bits per heavy atom. The third kappa shape index (κ3) is 3.78. The number of aromatic nitrogens is 3. The SMILES string of the molecule is Cc1cnccc1N1CCCN(Cc2ccc(-n3ccnc3)cc2)CC1. The predicted molar refractivity (Wildman–Crippen MR) is 105 cm³/mol. The molecule has 0 saturated carbocycles. The van der Waals surface area contributed by atoms with Gasteiger partial charge in [0, 0.05) is 68.9 Å². The molecule has 5 heteroatoms. The van der Waals surface area contributed by atoms with Crippen molar-refractivity contribution < 1.29 is 0 Å². The lowest BCUT2D eigenvalue weighted by Crippen LogP contribution is -2.30. The second-order valence-electron chi connectivity index (χ2n) is 6.92. The van der Waals surface area contributed by atoms with Gasteiger partial charge < -0.3 is 9.47 Å². The van der Waals surface area contributed by atoms with E-state index in [0.717, 1.165) is 38.4 Å². The van der Waals surface area contributed by atoms with E-state index in [2.05, 4.69) is 57.0 Å². The van der Waals surface area contributed by atoms with Crippen LogP contribution in [-0.2, 0) is 6.54 Å². The van der Waals surface area contributed by atoms with Gasteiger partial charge in [-0.25, -0.2) is 4.98 Å². The van der Waals surface area contributed by atoms with Crippen LogP contribution in [0.4, 0.5) is 5.69 Å². The Bertz CT molecular complexity index is 826. The van der Waals surface area contributed by atoms with E-state index < -0.39 is 0 Å². The average Bonchev–Trinajstić information content (AvgIpc) is 3.11. The summed E-state index contributed by atoms with van der Waals surface area (Å²) in [4.78, 5) is 13.4. The third-order valence-corrected chi connectivity index (χ3v) is 5.06. The van der Waals surface area contributed by atoms with Crippen LogP contribution in [0, 0.1) is 6.92 Å². The number of benzene rings is 1. The first-order chi connectivity index (χ1) is 12.8. The van der Waals surface area contributed by atoms with Gasteiger partial charge in [-0.15, -0.1) is 0 Å². The lowest BCUT2D eigenvalue weighted by atomic mass is 10.2. The molecule has 0 spiro atoms. The fraction of sp³-hybridized carbons (Fsp3) is 0.333. The standard InChI is InChI=1S/C21H25N5/c1-18-15-22-8-7-21(18)25-11-2-10-24(13-14-25)16-19-3-5-20(6-4-19)26-12-9-23-17-26/h3-9,12,15,17H,2,10-11,13-14,16H2,1H3. The molecule has 0 aliphatic carbocycles. The number of hydrogen-bond acceptors (Lipinski definition) is 4. The topological polar surface area (TPSA) is 37.2 Å². The Balaban J connectivity index is 1.38. The van der Waals surface area contributed by atoms with Crippen LogP contribution in [0.15, 0.2) is 61.4 Å². The van der Waals surface area contributed by atoms with E-state index in [9.17, 15) is 0 Å². The van der Waals surface area contributed by atoms with Crippen molar-refractivity contribution in [3.05, 3.63) is 72.6 Å². The van der Waals surface area contributed by atoms with Crippen molar-refractivity contribution in [3.8, 4) is 5.69 Å². The number of aryl methyl sites for hydroxylation is 1. The highest BCUT2D eigenvalue weighted by Crippen LogP contribution is 2.20. The number of hydrogen-bond donors (Lipinski definition) is 0. The Morgan fingerprint density at radius 2 is 1.81 bits per heavy atom. The Labute approximate surface area is 154 Å². The smallest absolute Gasteiger partial charge is 0.0991 e. The van der Waals surface area contributed by atoms with Gasteiger partial charge in [-0.3, -0.25) is 9.88 Å². The summed E-state index contributed by atoms with van der Waals surface area (Å²) in [6.07, 6.45) is 10.7. The van der Waals surface area contributed by atoms with E-state index in [4.69, 9.17) is 0 Å². The lowest BCUT2D eigenvalue weighted by Gasteiger charge is -2.25. The minimum absolute atomic E-state index is 1.01. The van der Waals surface area contributed by atoms with Gasteiger partial charge in [0.05, 0.1) is 6.33 Å². The van der Waals surface area contributed by atoms with Gasteiger partial charge in [0.15, 0.2) is 0 Å². The number of anilines is 1. The molecular formula is C21H25N5. The first kappa shape index (κ1) is 16.8. The van der Waals surface area contributed by atoms with E-state index in [1.54, 1.807) is 6.20 Å². The molecule has 0 bridgehead atoms. The summed E-state index contributed by atoms with van der Waals surface area (Å²) in [5, 5.41) is 0. The van der Waals surface area contributed by atoms with Crippen LogP contribution in [0.2, 0.25) is 0 Å². The molecule has 1 fully saturated rings. The van der Waals surface area contributed by atoms with Crippen LogP contribution < -0.4 is 4.90 Å². The number of nitrogens with zero attached hydrogens (tertiary/aromatic N) is 5. The molecule has 0 radical (unpaired) electrons. The fourth-order valence-corrected chi connectivity index (χ4v) is 3.63. The van der Waals surface area contributed by atoms with Crippen molar-refractivity contribution >= 4 is 5.69 Å². The van der Waals surface area contributed by atoms with Gasteiger partial charge in [0.25, 0.3) is 0 Å². The second-order valence-corrected chi connectivity index (χ2v) is 6.92. The molecular weight excluding hydrogens is 322 g/mol. The average molecular weight is 347 g/mol. The maximum Gasteiger partial charge on any atom is 0.0991 e. The highest BCUT2D eigenvalue weighted by Gasteiger charge is 2.16. The van der Waals surface area contributed by atoms with E-state index in [1.807, 2.05) is 29.5 Å². The molecule has 134 valence electrons. The van der Waals surface area contributed by atoms with Crippen molar-refractivity contribution in [3.63, 3.8) is 0 Å². The van der Waals surface area contributed by atoms with Crippen molar-refractivity contribution in [1.29, 1.82) is 0 Å². The van der Waals surface area contributed by atoms with Crippen molar-refractivity contribution in [1.82, 2.24) is 19.4 Å². The molecule has 1 saturated heterocycles. The van der Waals surface area contributed by atoms with Crippen LogP contribution in [-0.4, -0.2) is 45.6 Å². The Kier molecular flexibility index (Phi) is 4.97. The zero-order valence-electron chi connectivity index (χ0n) is 15.3. The summed E-state index contributed by atoms with van der Waals surface area (Å²) < 4.78 is 2.03. The van der Waals surface area contributed by atoms with Crippen molar-refractivity contribution in [2.24, 2.45) is 0 Å². The van der Waals surface area contributed by atoms with Crippen molar-refractivity contribution in [2.45, 2.75) is 19.9 Å². The van der Waals surface area contributed by atoms with E-state index in [0.29, 0.717) is 0 Å². The van der Waals surface area contributed by atoms with Crippen LogP contribution in [0.3, 0.4) is 0 Å². The number of rotatable bonds is 4. The van der Waals surface area contributed by atoms with Crippen molar-refractivity contribution in [2.75, 3.05) is 31.1 Å². The molecule has 1 aliphatic rings. The quantitative estimate of drug-likeness (QED) is 0.726. The predicted octanol–water partition coefficient (Wildman–Crippen LogP) is 3.29. The minimum atomic E-state index is 1.01. The molecule has 2 aromatic heterocycles. The first-order valence-corrected chi connectivity index (χ1v) is 9.25. The zero-order chi connectivity index (χ0) is 17.8. The second kappa shape index (κ2) is 7.70. The van der Waals surface area contributed by atoms with Crippen LogP contribution in [0.1, 0.15) is 17.5 Å². The molecule has 26 heavy (non-hydrogen) atoms. The molecule has 1 aliphatic heterocycles. The van der Waals surface area contributed by atoms with Crippen LogP contribution in [0.5, 0.6) is 0 Å². The van der Waals surface area contributed by atoms with Gasteiger partial charge in [-0.1, -0.05) is 12.1 Å². The molecule has 5 nitrogen and oxygen atoms in total. The van der Waals surface area contributed by atoms with Gasteiger partial charge in [-0.05, 0) is 42.7 Å². The largest absolute Gasteiger partial charge is 0.370 e. The van der Waals surface area contributed by atoms with Gasteiger partial charge in [0.1, 0.15) is 0 Å². The summed E-state index contributed by atoms with van der Waals surface area (Å²) in [6.45, 7) is 7.56. The Hall–Kier alpha value is -2.66. The van der Waals surface area contributed by atoms with Gasteiger partial charge in [0.2, 0.25) is 0 Å². The molecule has 1 aromatic carbocycles. The van der Waals surface area contributed by atoms with Crippen LogP contribution >= 0.6 is 0 Å². The number of pyridine rings is 1. The van der Waals surface area contributed by atoms with Gasteiger partial charge in [-0.2, -0.15) is 0 Å². The Morgan fingerprint density at radius 1 is 0.923 bits per heavy atom. The normalized spacial score (nSPS) is 15.8. The molecule has 0 atom stereocenters. The number of imidazole rings is 1. The monoisotopic (exact) mass is 347 g/mol. The maximum absolute atomic E-state index is 4.22. The summed E-state index contributed by atoms with van der Waals surface area (Å²) in [5.74, 6) is 0. The third-order valence-electron chi connectivity index (χ3n) is 5.06. The summed E-state index contributed by atoms with van der Waals surface area (Å²) in [5.41, 5.74) is 5.10. The fourth-order valence-electron chi connectivity index (χ4n) is 3.63. The van der Waals surface area contributed by atoms with Gasteiger partial charge >= 0.3 is 0 Å². The maximum atomic E-state index is 4.22. The van der Waals surface area contributed by atoms with E-state index >= 15 is 0 Å².